The molecule has 1 unspecified atom stereocenters. The smallest absolute Gasteiger partial charge is 0.237 e. The first-order chi connectivity index (χ1) is 11.5. The van der Waals surface area contributed by atoms with Crippen LogP contribution in [0.1, 0.15) is 31.4 Å². The molecule has 2 amide bonds. The summed E-state index contributed by atoms with van der Waals surface area (Å²) in [5.74, 6) is -0.673. The molecule has 0 spiro atoms. The van der Waals surface area contributed by atoms with Crippen LogP contribution < -0.4 is 5.32 Å². The van der Waals surface area contributed by atoms with Crippen molar-refractivity contribution in [3.63, 3.8) is 0 Å². The van der Waals surface area contributed by atoms with Crippen molar-refractivity contribution < 1.29 is 18.0 Å². The summed E-state index contributed by atoms with van der Waals surface area (Å²) in [6.07, 6.45) is 0.422. The summed E-state index contributed by atoms with van der Waals surface area (Å²) >= 11 is 0. The van der Waals surface area contributed by atoms with E-state index >= 15 is 0 Å². The van der Waals surface area contributed by atoms with Crippen molar-refractivity contribution in [2.24, 2.45) is 5.41 Å². The molecule has 0 aromatic heterocycles. The van der Waals surface area contributed by atoms with E-state index in [1.165, 1.54) is 4.90 Å². The number of nitrogens with one attached hydrogen (secondary N) is 1. The van der Waals surface area contributed by atoms with Crippen molar-refractivity contribution >= 4 is 21.7 Å². The first-order valence-corrected chi connectivity index (χ1v) is 10.2. The maximum atomic E-state index is 12.7. The van der Waals surface area contributed by atoms with Gasteiger partial charge in [0.2, 0.25) is 11.8 Å². The zero-order chi connectivity index (χ0) is 18.8. The molecule has 1 aromatic rings. The molecule has 138 valence electrons. The lowest BCUT2D eigenvalue weighted by atomic mass is 9.89. The van der Waals surface area contributed by atoms with Gasteiger partial charge in [0.15, 0.2) is 9.84 Å². The Morgan fingerprint density at radius 3 is 2.36 bits per heavy atom. The summed E-state index contributed by atoms with van der Waals surface area (Å²) in [6, 6.07) is 7.43. The van der Waals surface area contributed by atoms with Gasteiger partial charge in [-0.2, -0.15) is 0 Å². The fourth-order valence-corrected chi connectivity index (χ4v) is 4.67. The number of hydrogen-bond donors (Lipinski definition) is 1. The van der Waals surface area contributed by atoms with Gasteiger partial charge in [0.05, 0.1) is 11.5 Å². The molecule has 2 rings (SSSR count). The molecule has 6 nitrogen and oxygen atoms in total. The van der Waals surface area contributed by atoms with Crippen molar-refractivity contribution in [3.8, 4) is 0 Å². The third-order valence-electron chi connectivity index (χ3n) is 4.75. The van der Waals surface area contributed by atoms with Crippen LogP contribution in [0.4, 0.5) is 0 Å². The largest absolute Gasteiger partial charge is 0.351 e. The second-order valence-electron chi connectivity index (χ2n) is 7.27. The zero-order valence-corrected chi connectivity index (χ0v) is 16.0. The van der Waals surface area contributed by atoms with E-state index in [2.05, 4.69) is 5.32 Å². The molecule has 1 aliphatic heterocycles. The number of aryl methyl sites for hydroxylation is 1. The van der Waals surface area contributed by atoms with Gasteiger partial charge >= 0.3 is 0 Å². The van der Waals surface area contributed by atoms with Gasteiger partial charge in [-0.25, -0.2) is 8.42 Å². The minimum absolute atomic E-state index is 0.0314. The van der Waals surface area contributed by atoms with E-state index in [1.54, 1.807) is 20.9 Å². The molecule has 1 saturated heterocycles. The Bertz CT molecular complexity index is 754. The van der Waals surface area contributed by atoms with E-state index < -0.39 is 15.3 Å². The molecule has 0 bridgehead atoms. The molecule has 1 aromatic carbocycles. The van der Waals surface area contributed by atoms with Crippen molar-refractivity contribution in [3.05, 3.63) is 35.4 Å². The Morgan fingerprint density at radius 2 is 1.84 bits per heavy atom. The summed E-state index contributed by atoms with van der Waals surface area (Å²) in [7, 11) is -1.51. The lowest BCUT2D eigenvalue weighted by Gasteiger charge is -2.31. The molecule has 1 fully saturated rings. The summed E-state index contributed by atoms with van der Waals surface area (Å²) in [5.41, 5.74) is 0.836. The quantitative estimate of drug-likeness (QED) is 0.796. The van der Waals surface area contributed by atoms with Gasteiger partial charge in [-0.15, -0.1) is 0 Å². The molecular formula is C18H26N2O4S. The number of benzene rings is 1. The Hall–Kier alpha value is -1.89. The van der Waals surface area contributed by atoms with E-state index in [9.17, 15) is 18.0 Å². The first-order valence-electron chi connectivity index (χ1n) is 8.34. The summed E-state index contributed by atoms with van der Waals surface area (Å²) < 4.78 is 23.2. The Labute approximate surface area is 149 Å². The van der Waals surface area contributed by atoms with E-state index in [0.29, 0.717) is 13.0 Å². The van der Waals surface area contributed by atoms with Gasteiger partial charge in [0.25, 0.3) is 0 Å². The number of hydrogen-bond acceptors (Lipinski definition) is 4. The Kier molecular flexibility index (Phi) is 5.56. The molecule has 0 aliphatic carbocycles. The number of carbonyl (C=O) groups is 2. The minimum Gasteiger partial charge on any atom is -0.351 e. The van der Waals surface area contributed by atoms with Gasteiger partial charge in [0, 0.05) is 19.6 Å². The first kappa shape index (κ1) is 19.4. The molecule has 1 N–H and O–H groups in total. The van der Waals surface area contributed by atoms with Crippen LogP contribution in [-0.2, 0) is 26.0 Å². The predicted molar refractivity (Wildman–Crippen MR) is 96.6 cm³/mol. The van der Waals surface area contributed by atoms with Crippen LogP contribution in [0.15, 0.2) is 24.3 Å². The van der Waals surface area contributed by atoms with Crippen molar-refractivity contribution in [1.82, 2.24) is 10.2 Å². The lowest BCUT2D eigenvalue weighted by Crippen LogP contribution is -2.51. The maximum absolute atomic E-state index is 12.7. The Balaban J connectivity index is 1.99. The molecule has 7 heteroatoms. The minimum atomic E-state index is -3.08. The van der Waals surface area contributed by atoms with Crippen LogP contribution >= 0.6 is 0 Å². The predicted octanol–water partition coefficient (Wildman–Crippen LogP) is 1.28. The fraction of sp³-hybridized carbons (Fsp3) is 0.556. The van der Waals surface area contributed by atoms with Crippen molar-refractivity contribution in [2.75, 3.05) is 18.6 Å². The highest BCUT2D eigenvalue weighted by Gasteiger charge is 2.42. The van der Waals surface area contributed by atoms with Crippen LogP contribution in [0.5, 0.6) is 0 Å². The standard InChI is InChI=1S/C18H26N2O4S/c1-13-5-7-14(8-6-13)11-19-16(21)18(2,3)17(22)20(4)15-9-10-25(23,24)12-15/h5-8,15H,9-12H2,1-4H3,(H,19,21). The van der Waals surface area contributed by atoms with Gasteiger partial charge in [0.1, 0.15) is 5.41 Å². The molecule has 0 radical (unpaired) electrons. The second kappa shape index (κ2) is 7.15. The molecule has 0 saturated carbocycles. The molecular weight excluding hydrogens is 340 g/mol. The van der Waals surface area contributed by atoms with Crippen LogP contribution in [0.3, 0.4) is 0 Å². The van der Waals surface area contributed by atoms with E-state index in [1.807, 2.05) is 31.2 Å². The van der Waals surface area contributed by atoms with E-state index in [0.717, 1.165) is 11.1 Å². The highest BCUT2D eigenvalue weighted by Crippen LogP contribution is 2.24. The second-order valence-corrected chi connectivity index (χ2v) is 9.49. The summed E-state index contributed by atoms with van der Waals surface area (Å²) in [5, 5.41) is 2.80. The highest BCUT2D eigenvalue weighted by atomic mass is 32.2. The lowest BCUT2D eigenvalue weighted by molar-refractivity contribution is -0.148. The summed E-state index contributed by atoms with van der Waals surface area (Å²) in [6.45, 7) is 5.47. The molecule has 1 aliphatic rings. The molecule has 25 heavy (non-hydrogen) atoms. The number of nitrogens with zero attached hydrogens (tertiary/aromatic N) is 1. The SMILES string of the molecule is Cc1ccc(CNC(=O)C(C)(C)C(=O)N(C)C2CCS(=O)(=O)C2)cc1. The van der Waals surface area contributed by atoms with E-state index in [4.69, 9.17) is 0 Å². The average molecular weight is 366 g/mol. The monoisotopic (exact) mass is 366 g/mol. The number of amides is 2. The number of rotatable bonds is 5. The third-order valence-corrected chi connectivity index (χ3v) is 6.50. The zero-order valence-electron chi connectivity index (χ0n) is 15.2. The van der Waals surface area contributed by atoms with E-state index in [-0.39, 0.29) is 29.4 Å². The normalized spacial score (nSPS) is 19.4. The third kappa shape index (κ3) is 4.60. The average Bonchev–Trinajstić information content (AvgIpc) is 2.92. The van der Waals surface area contributed by atoms with Gasteiger partial charge < -0.3 is 10.2 Å². The van der Waals surface area contributed by atoms with Gasteiger partial charge in [-0.05, 0) is 32.8 Å². The van der Waals surface area contributed by atoms with Crippen LogP contribution in [0.25, 0.3) is 0 Å². The maximum Gasteiger partial charge on any atom is 0.237 e. The fourth-order valence-electron chi connectivity index (χ4n) is 2.89. The highest BCUT2D eigenvalue weighted by molar-refractivity contribution is 7.91. The van der Waals surface area contributed by atoms with Gasteiger partial charge in [-0.3, -0.25) is 9.59 Å². The topological polar surface area (TPSA) is 83.6 Å². The number of sulfone groups is 1. The van der Waals surface area contributed by atoms with Crippen molar-refractivity contribution in [2.45, 2.75) is 39.8 Å². The van der Waals surface area contributed by atoms with Crippen LogP contribution in [-0.4, -0.2) is 49.7 Å². The van der Waals surface area contributed by atoms with Crippen LogP contribution in [0.2, 0.25) is 0 Å². The van der Waals surface area contributed by atoms with Crippen molar-refractivity contribution in [1.29, 1.82) is 0 Å². The number of carbonyl (C=O) groups excluding carboxylic acids is 2. The molecule has 1 atom stereocenters. The summed E-state index contributed by atoms with van der Waals surface area (Å²) in [4.78, 5) is 26.7. The Morgan fingerprint density at radius 1 is 1.24 bits per heavy atom. The van der Waals surface area contributed by atoms with Crippen LogP contribution in [0, 0.1) is 12.3 Å². The molecule has 1 heterocycles. The van der Waals surface area contributed by atoms with Gasteiger partial charge in [-0.1, -0.05) is 29.8 Å².